The smallest absolute Gasteiger partial charge is 0.417 e. The van der Waals surface area contributed by atoms with Crippen LogP contribution in [0.3, 0.4) is 0 Å². The normalized spacial score (nSPS) is 11.8. The molecule has 0 aliphatic heterocycles. The highest BCUT2D eigenvalue weighted by Crippen LogP contribution is 2.38. The SMILES string of the molecule is FC(F)(F)c1cc(Br)ccc1-c1nnc(CCl)o1. The van der Waals surface area contributed by atoms with Gasteiger partial charge in [-0.2, -0.15) is 13.2 Å². The fourth-order valence-corrected chi connectivity index (χ4v) is 1.82. The van der Waals surface area contributed by atoms with Crippen molar-refractivity contribution in [2.24, 2.45) is 0 Å². The Balaban J connectivity index is 2.56. The fourth-order valence-electron chi connectivity index (χ4n) is 1.35. The zero-order chi connectivity index (χ0) is 13.3. The maximum absolute atomic E-state index is 12.9. The Hall–Kier alpha value is -1.08. The molecular weight excluding hydrogens is 336 g/mol. The van der Waals surface area contributed by atoms with Crippen LogP contribution in [0.1, 0.15) is 11.5 Å². The number of hydrogen-bond acceptors (Lipinski definition) is 3. The molecule has 0 saturated heterocycles. The third kappa shape index (κ3) is 2.67. The minimum atomic E-state index is -4.51. The van der Waals surface area contributed by atoms with Crippen LogP contribution in [0.15, 0.2) is 27.1 Å². The topological polar surface area (TPSA) is 38.9 Å². The van der Waals surface area contributed by atoms with Crippen molar-refractivity contribution in [3.8, 4) is 11.5 Å². The third-order valence-corrected chi connectivity index (χ3v) is 2.82. The fraction of sp³-hybridized carbons (Fsp3) is 0.200. The second-order valence-electron chi connectivity index (χ2n) is 3.32. The summed E-state index contributed by atoms with van der Waals surface area (Å²) < 4.78 is 43.9. The number of nitrogens with zero attached hydrogens (tertiary/aromatic N) is 2. The first kappa shape index (κ1) is 13.4. The molecule has 1 aromatic heterocycles. The van der Waals surface area contributed by atoms with E-state index in [1.807, 2.05) is 0 Å². The third-order valence-electron chi connectivity index (χ3n) is 2.10. The second kappa shape index (κ2) is 4.89. The highest BCUT2D eigenvalue weighted by Gasteiger charge is 2.35. The Kier molecular flexibility index (Phi) is 3.63. The molecule has 0 aliphatic rings. The van der Waals surface area contributed by atoms with E-state index in [9.17, 15) is 13.2 Å². The van der Waals surface area contributed by atoms with Crippen LogP contribution < -0.4 is 0 Å². The van der Waals surface area contributed by atoms with Gasteiger partial charge in [0.15, 0.2) is 0 Å². The quantitative estimate of drug-likeness (QED) is 0.766. The molecule has 1 heterocycles. The molecule has 18 heavy (non-hydrogen) atoms. The van der Waals surface area contributed by atoms with Crippen molar-refractivity contribution in [2.75, 3.05) is 0 Å². The Morgan fingerprint density at radius 1 is 1.28 bits per heavy atom. The summed E-state index contributed by atoms with van der Waals surface area (Å²) in [6.45, 7) is 0. The monoisotopic (exact) mass is 340 g/mol. The lowest BCUT2D eigenvalue weighted by Gasteiger charge is -2.10. The molecule has 2 rings (SSSR count). The van der Waals surface area contributed by atoms with Gasteiger partial charge in [-0.3, -0.25) is 0 Å². The molecule has 0 N–H and O–H groups in total. The average molecular weight is 342 g/mol. The van der Waals surface area contributed by atoms with Crippen molar-refractivity contribution in [1.29, 1.82) is 0 Å². The van der Waals surface area contributed by atoms with E-state index in [0.29, 0.717) is 4.47 Å². The summed E-state index contributed by atoms with van der Waals surface area (Å²) in [6.07, 6.45) is -4.51. The van der Waals surface area contributed by atoms with Crippen LogP contribution in [0.4, 0.5) is 13.2 Å². The van der Waals surface area contributed by atoms with Crippen molar-refractivity contribution in [3.63, 3.8) is 0 Å². The first-order chi connectivity index (χ1) is 8.41. The highest BCUT2D eigenvalue weighted by molar-refractivity contribution is 9.10. The van der Waals surface area contributed by atoms with E-state index in [-0.39, 0.29) is 23.2 Å². The number of aromatic nitrogens is 2. The Morgan fingerprint density at radius 2 is 2.00 bits per heavy atom. The van der Waals surface area contributed by atoms with Gasteiger partial charge in [-0.1, -0.05) is 15.9 Å². The Bertz CT molecular complexity index is 570. The average Bonchev–Trinajstić information content (AvgIpc) is 2.76. The predicted molar refractivity (Wildman–Crippen MR) is 62.0 cm³/mol. The van der Waals surface area contributed by atoms with E-state index in [2.05, 4.69) is 26.1 Å². The van der Waals surface area contributed by atoms with Gasteiger partial charge in [0, 0.05) is 4.47 Å². The van der Waals surface area contributed by atoms with Crippen molar-refractivity contribution >= 4 is 27.5 Å². The van der Waals surface area contributed by atoms with Crippen LogP contribution in [-0.4, -0.2) is 10.2 Å². The highest BCUT2D eigenvalue weighted by atomic mass is 79.9. The van der Waals surface area contributed by atoms with Gasteiger partial charge in [-0.15, -0.1) is 21.8 Å². The van der Waals surface area contributed by atoms with Crippen molar-refractivity contribution in [2.45, 2.75) is 12.1 Å². The molecule has 96 valence electrons. The van der Waals surface area contributed by atoms with Gasteiger partial charge in [0.25, 0.3) is 0 Å². The lowest BCUT2D eigenvalue weighted by Crippen LogP contribution is -2.07. The zero-order valence-electron chi connectivity index (χ0n) is 8.63. The summed E-state index contributed by atoms with van der Waals surface area (Å²) in [6, 6.07) is 3.69. The number of halogens is 5. The minimum absolute atomic E-state index is 0.0507. The van der Waals surface area contributed by atoms with Crippen molar-refractivity contribution in [3.05, 3.63) is 34.1 Å². The first-order valence-corrected chi connectivity index (χ1v) is 6.00. The van der Waals surface area contributed by atoms with E-state index in [0.717, 1.165) is 6.07 Å². The molecular formula is C10H5BrClF3N2O. The predicted octanol–water partition coefficient (Wildman–Crippen LogP) is 4.26. The molecule has 0 spiro atoms. The maximum atomic E-state index is 12.9. The Labute approximate surface area is 113 Å². The second-order valence-corrected chi connectivity index (χ2v) is 4.51. The van der Waals surface area contributed by atoms with E-state index >= 15 is 0 Å². The summed E-state index contributed by atoms with van der Waals surface area (Å²) in [5.41, 5.74) is -1.02. The van der Waals surface area contributed by atoms with Crippen molar-refractivity contribution in [1.82, 2.24) is 10.2 Å². The van der Waals surface area contributed by atoms with Gasteiger partial charge < -0.3 is 4.42 Å². The standard InChI is InChI=1S/C10H5BrClF3N2O/c11-5-1-2-6(7(3-5)10(13,14)15)9-17-16-8(4-12)18-9/h1-3H,4H2. The van der Waals surface area contributed by atoms with Gasteiger partial charge in [0.1, 0.15) is 5.88 Å². The molecule has 8 heteroatoms. The van der Waals surface area contributed by atoms with E-state index in [1.165, 1.54) is 12.1 Å². The van der Waals surface area contributed by atoms with E-state index in [4.69, 9.17) is 16.0 Å². The molecule has 0 saturated carbocycles. The molecule has 0 atom stereocenters. The van der Waals surface area contributed by atoms with Crippen LogP contribution >= 0.6 is 27.5 Å². The summed E-state index contributed by atoms with van der Waals surface area (Å²) in [4.78, 5) is 0. The first-order valence-electron chi connectivity index (χ1n) is 4.67. The van der Waals surface area contributed by atoms with Crippen LogP contribution in [-0.2, 0) is 12.1 Å². The van der Waals surface area contributed by atoms with E-state index in [1.54, 1.807) is 0 Å². The van der Waals surface area contributed by atoms with Gasteiger partial charge in [0.05, 0.1) is 11.1 Å². The molecule has 0 bridgehead atoms. The lowest BCUT2D eigenvalue weighted by atomic mass is 10.1. The number of alkyl halides is 4. The van der Waals surface area contributed by atoms with Gasteiger partial charge in [-0.25, -0.2) is 0 Å². The summed E-state index contributed by atoms with van der Waals surface area (Å²) in [7, 11) is 0. The molecule has 0 amide bonds. The molecule has 0 fully saturated rings. The number of rotatable bonds is 2. The van der Waals surface area contributed by atoms with E-state index < -0.39 is 11.7 Å². The van der Waals surface area contributed by atoms with Crippen molar-refractivity contribution < 1.29 is 17.6 Å². The van der Waals surface area contributed by atoms with Crippen LogP contribution in [0.5, 0.6) is 0 Å². The van der Waals surface area contributed by atoms with Gasteiger partial charge in [0.2, 0.25) is 11.8 Å². The van der Waals surface area contributed by atoms with Crippen LogP contribution in [0.2, 0.25) is 0 Å². The summed E-state index contributed by atoms with van der Waals surface area (Å²) in [5, 5.41) is 7.07. The van der Waals surface area contributed by atoms with Gasteiger partial charge in [-0.05, 0) is 18.2 Å². The number of benzene rings is 1. The molecule has 2 aromatic rings. The molecule has 1 aromatic carbocycles. The lowest BCUT2D eigenvalue weighted by molar-refractivity contribution is -0.137. The molecule has 0 unspecified atom stereocenters. The summed E-state index contributed by atoms with van der Waals surface area (Å²) >= 11 is 8.45. The Morgan fingerprint density at radius 3 is 2.56 bits per heavy atom. The maximum Gasteiger partial charge on any atom is 0.417 e. The minimum Gasteiger partial charge on any atom is -0.419 e. The van der Waals surface area contributed by atoms with Gasteiger partial charge >= 0.3 is 6.18 Å². The van der Waals surface area contributed by atoms with Crippen LogP contribution in [0, 0.1) is 0 Å². The molecule has 3 nitrogen and oxygen atoms in total. The zero-order valence-corrected chi connectivity index (χ0v) is 11.0. The molecule has 0 aliphatic carbocycles. The molecule has 0 radical (unpaired) electrons. The largest absolute Gasteiger partial charge is 0.419 e. The summed E-state index contributed by atoms with van der Waals surface area (Å²) in [5.74, 6) is -0.182. The number of hydrogen-bond donors (Lipinski definition) is 0. The van der Waals surface area contributed by atoms with Crippen LogP contribution in [0.25, 0.3) is 11.5 Å².